The fourth-order valence-electron chi connectivity index (χ4n) is 3.60. The second-order valence-electron chi connectivity index (χ2n) is 7.03. The summed E-state index contributed by atoms with van der Waals surface area (Å²) in [5.41, 5.74) is 0.930. The first kappa shape index (κ1) is 17.9. The maximum absolute atomic E-state index is 12.8. The maximum Gasteiger partial charge on any atom is 0.264 e. The SMILES string of the molecule is CN(Cc1ccn[nH]1)C(=O)c1ccc([C@H]2CCCN2Cc2nccn2C)s1. The molecular formula is C19H24N6OS. The molecule has 142 valence electrons. The summed E-state index contributed by atoms with van der Waals surface area (Å²) in [7, 11) is 3.86. The van der Waals surface area contributed by atoms with Crippen molar-refractivity contribution in [2.45, 2.75) is 32.0 Å². The molecule has 3 aromatic rings. The number of carbonyl (C=O) groups excluding carboxylic acids is 1. The monoisotopic (exact) mass is 384 g/mol. The summed E-state index contributed by atoms with van der Waals surface area (Å²) in [4.78, 5) is 23.5. The Morgan fingerprint density at radius 3 is 3.00 bits per heavy atom. The van der Waals surface area contributed by atoms with Crippen molar-refractivity contribution in [3.8, 4) is 0 Å². The number of rotatable bonds is 6. The highest BCUT2D eigenvalue weighted by Crippen LogP contribution is 2.37. The summed E-state index contributed by atoms with van der Waals surface area (Å²) in [6, 6.07) is 6.33. The summed E-state index contributed by atoms with van der Waals surface area (Å²) in [5, 5.41) is 6.84. The average molecular weight is 385 g/mol. The first-order valence-corrected chi connectivity index (χ1v) is 9.97. The van der Waals surface area contributed by atoms with Crippen LogP contribution in [0.2, 0.25) is 0 Å². The van der Waals surface area contributed by atoms with Gasteiger partial charge in [0.15, 0.2) is 0 Å². The molecule has 1 atom stereocenters. The van der Waals surface area contributed by atoms with Gasteiger partial charge >= 0.3 is 0 Å². The molecule has 3 aromatic heterocycles. The molecule has 1 aliphatic rings. The third kappa shape index (κ3) is 3.81. The van der Waals surface area contributed by atoms with E-state index >= 15 is 0 Å². The van der Waals surface area contributed by atoms with Crippen molar-refractivity contribution in [1.29, 1.82) is 0 Å². The molecule has 1 saturated heterocycles. The van der Waals surface area contributed by atoms with Gasteiger partial charge in [-0.25, -0.2) is 4.98 Å². The third-order valence-electron chi connectivity index (χ3n) is 5.11. The van der Waals surface area contributed by atoms with Crippen molar-refractivity contribution >= 4 is 17.2 Å². The molecule has 1 amide bonds. The van der Waals surface area contributed by atoms with Gasteiger partial charge in [-0.1, -0.05) is 0 Å². The van der Waals surface area contributed by atoms with Gasteiger partial charge in [0, 0.05) is 43.6 Å². The van der Waals surface area contributed by atoms with Gasteiger partial charge in [-0.05, 0) is 37.6 Å². The first-order valence-electron chi connectivity index (χ1n) is 9.15. The normalized spacial score (nSPS) is 17.5. The number of imidazole rings is 1. The van der Waals surface area contributed by atoms with Crippen LogP contribution in [0.25, 0.3) is 0 Å². The molecule has 0 aromatic carbocycles. The van der Waals surface area contributed by atoms with E-state index in [9.17, 15) is 4.79 Å². The van der Waals surface area contributed by atoms with Crippen LogP contribution >= 0.6 is 11.3 Å². The Hall–Kier alpha value is -2.45. The number of H-pyrrole nitrogens is 1. The number of amides is 1. The van der Waals surface area contributed by atoms with Gasteiger partial charge < -0.3 is 9.47 Å². The third-order valence-corrected chi connectivity index (χ3v) is 6.28. The minimum absolute atomic E-state index is 0.0505. The minimum Gasteiger partial charge on any atom is -0.337 e. The van der Waals surface area contributed by atoms with Crippen molar-refractivity contribution in [2.75, 3.05) is 13.6 Å². The smallest absolute Gasteiger partial charge is 0.264 e. The minimum atomic E-state index is 0.0505. The van der Waals surface area contributed by atoms with E-state index in [1.54, 1.807) is 22.4 Å². The van der Waals surface area contributed by atoms with Crippen LogP contribution in [-0.4, -0.2) is 49.0 Å². The van der Waals surface area contributed by atoms with E-state index in [1.165, 1.54) is 11.3 Å². The van der Waals surface area contributed by atoms with E-state index in [4.69, 9.17) is 0 Å². The molecule has 1 N–H and O–H groups in total. The van der Waals surface area contributed by atoms with Crippen LogP contribution in [0.15, 0.2) is 36.8 Å². The molecular weight excluding hydrogens is 360 g/mol. The zero-order valence-electron chi connectivity index (χ0n) is 15.6. The van der Waals surface area contributed by atoms with Crippen molar-refractivity contribution in [2.24, 2.45) is 7.05 Å². The van der Waals surface area contributed by atoms with Crippen LogP contribution in [-0.2, 0) is 20.1 Å². The van der Waals surface area contributed by atoms with Crippen LogP contribution < -0.4 is 0 Å². The highest BCUT2D eigenvalue weighted by Gasteiger charge is 2.29. The Labute approximate surface area is 162 Å². The number of aryl methyl sites for hydroxylation is 1. The van der Waals surface area contributed by atoms with Crippen LogP contribution in [0.3, 0.4) is 0 Å². The topological polar surface area (TPSA) is 70.1 Å². The Balaban J connectivity index is 1.44. The van der Waals surface area contributed by atoms with E-state index in [0.29, 0.717) is 12.6 Å². The van der Waals surface area contributed by atoms with E-state index < -0.39 is 0 Å². The number of carbonyl (C=O) groups is 1. The molecule has 7 nitrogen and oxygen atoms in total. The molecule has 0 unspecified atom stereocenters. The van der Waals surface area contributed by atoms with Gasteiger partial charge in [-0.2, -0.15) is 5.10 Å². The lowest BCUT2D eigenvalue weighted by molar-refractivity contribution is 0.0788. The standard InChI is InChI=1S/C19H24N6OS/c1-23-11-9-20-18(23)13-25-10-3-4-15(25)16-5-6-17(27-16)19(26)24(2)12-14-7-8-21-22-14/h5-9,11,15H,3-4,10,12-13H2,1-2H3,(H,21,22)/t15-/m1/s1. The van der Waals surface area contributed by atoms with Gasteiger partial charge in [0.1, 0.15) is 5.82 Å². The fraction of sp³-hybridized carbons (Fsp3) is 0.421. The lowest BCUT2D eigenvalue weighted by Gasteiger charge is -2.23. The maximum atomic E-state index is 12.8. The molecule has 27 heavy (non-hydrogen) atoms. The van der Waals surface area contributed by atoms with Gasteiger partial charge in [0.2, 0.25) is 0 Å². The lowest BCUT2D eigenvalue weighted by Crippen LogP contribution is -2.25. The zero-order valence-corrected chi connectivity index (χ0v) is 16.4. The summed E-state index contributed by atoms with van der Waals surface area (Å²) in [6.07, 6.45) is 7.83. The second kappa shape index (κ2) is 7.66. The molecule has 0 saturated carbocycles. The van der Waals surface area contributed by atoms with Crippen molar-refractivity contribution in [3.05, 3.63) is 58.1 Å². The van der Waals surface area contributed by atoms with E-state index in [-0.39, 0.29) is 5.91 Å². The van der Waals surface area contributed by atoms with E-state index in [2.05, 4.69) is 30.7 Å². The number of likely N-dealkylation sites (tertiary alicyclic amines) is 1. The zero-order chi connectivity index (χ0) is 18.8. The quantitative estimate of drug-likeness (QED) is 0.709. The van der Waals surface area contributed by atoms with E-state index in [1.807, 2.05) is 38.6 Å². The molecule has 0 radical (unpaired) electrons. The van der Waals surface area contributed by atoms with Gasteiger partial charge in [-0.3, -0.25) is 14.8 Å². The first-order chi connectivity index (χ1) is 13.1. The van der Waals surface area contributed by atoms with Crippen LogP contribution in [0.4, 0.5) is 0 Å². The Morgan fingerprint density at radius 1 is 1.37 bits per heavy atom. The van der Waals surface area contributed by atoms with Crippen molar-refractivity contribution in [3.63, 3.8) is 0 Å². The molecule has 0 bridgehead atoms. The molecule has 0 aliphatic carbocycles. The number of hydrogen-bond donors (Lipinski definition) is 1. The highest BCUT2D eigenvalue weighted by atomic mass is 32.1. The van der Waals surface area contributed by atoms with Crippen LogP contribution in [0, 0.1) is 0 Å². The number of aromatic amines is 1. The summed E-state index contributed by atoms with van der Waals surface area (Å²) in [6.45, 7) is 2.44. The van der Waals surface area contributed by atoms with E-state index in [0.717, 1.165) is 35.9 Å². The predicted octanol–water partition coefficient (Wildman–Crippen LogP) is 2.81. The van der Waals surface area contributed by atoms with Crippen molar-refractivity contribution < 1.29 is 4.79 Å². The Bertz CT molecular complexity index is 899. The number of thiophene rings is 1. The summed E-state index contributed by atoms with van der Waals surface area (Å²) >= 11 is 1.61. The molecule has 4 rings (SSSR count). The second-order valence-corrected chi connectivity index (χ2v) is 8.14. The molecule has 0 spiro atoms. The molecule has 8 heteroatoms. The van der Waals surface area contributed by atoms with Crippen LogP contribution in [0.5, 0.6) is 0 Å². The van der Waals surface area contributed by atoms with Crippen molar-refractivity contribution in [1.82, 2.24) is 29.5 Å². The molecule has 1 aliphatic heterocycles. The molecule has 4 heterocycles. The molecule has 1 fully saturated rings. The summed E-state index contributed by atoms with van der Waals surface area (Å²) in [5.74, 6) is 1.13. The largest absolute Gasteiger partial charge is 0.337 e. The summed E-state index contributed by atoms with van der Waals surface area (Å²) < 4.78 is 2.07. The van der Waals surface area contributed by atoms with Gasteiger partial charge in [-0.15, -0.1) is 11.3 Å². The number of nitrogens with zero attached hydrogens (tertiary/aromatic N) is 5. The van der Waals surface area contributed by atoms with Gasteiger partial charge in [0.05, 0.1) is 23.7 Å². The lowest BCUT2D eigenvalue weighted by atomic mass is 10.2. The predicted molar refractivity (Wildman–Crippen MR) is 104 cm³/mol. The highest BCUT2D eigenvalue weighted by molar-refractivity contribution is 7.14. The number of aromatic nitrogens is 4. The van der Waals surface area contributed by atoms with Crippen LogP contribution in [0.1, 0.15) is 45.0 Å². The Kier molecular flexibility index (Phi) is 5.09. The van der Waals surface area contributed by atoms with Gasteiger partial charge in [0.25, 0.3) is 5.91 Å². The Morgan fingerprint density at radius 2 is 2.26 bits per heavy atom. The number of hydrogen-bond acceptors (Lipinski definition) is 5. The average Bonchev–Trinajstić information content (AvgIpc) is 3.42. The number of nitrogens with one attached hydrogen (secondary N) is 1. The fourth-order valence-corrected chi connectivity index (χ4v) is 4.78.